The first-order chi connectivity index (χ1) is 14.2. The summed E-state index contributed by atoms with van der Waals surface area (Å²) < 4.78 is 16.4. The standard InChI is InChI=1S/C22H32N4O3.HI/c1-23-22(24-11-10-17-8-9-20(27-2)21(15-17)28-3)25-16-18(19-7-6-14-29-19)26-12-4-5-13-26;/h6-9,14-15,18H,4-5,10-13,16H2,1-3H3,(H2,23,24,25);1H. The van der Waals surface area contributed by atoms with Gasteiger partial charge in [-0.2, -0.15) is 0 Å². The van der Waals surface area contributed by atoms with E-state index in [-0.39, 0.29) is 30.0 Å². The van der Waals surface area contributed by atoms with Gasteiger partial charge in [0, 0.05) is 20.1 Å². The lowest BCUT2D eigenvalue weighted by Crippen LogP contribution is -2.43. The first-order valence-electron chi connectivity index (χ1n) is 10.2. The second kappa shape index (κ2) is 12.7. The molecule has 0 saturated carbocycles. The van der Waals surface area contributed by atoms with Gasteiger partial charge in [0.2, 0.25) is 0 Å². The maximum Gasteiger partial charge on any atom is 0.191 e. The minimum Gasteiger partial charge on any atom is -0.493 e. The predicted octanol–water partition coefficient (Wildman–Crippen LogP) is 3.46. The maximum atomic E-state index is 5.69. The highest BCUT2D eigenvalue weighted by Crippen LogP contribution is 2.27. The van der Waals surface area contributed by atoms with Crippen LogP contribution in [0.1, 0.15) is 30.2 Å². The fraction of sp³-hybridized carbons (Fsp3) is 0.500. The molecule has 0 amide bonds. The number of nitrogens with zero attached hydrogens (tertiary/aromatic N) is 2. The zero-order valence-corrected chi connectivity index (χ0v) is 20.3. The number of furan rings is 1. The highest BCUT2D eigenvalue weighted by molar-refractivity contribution is 14.0. The van der Waals surface area contributed by atoms with Crippen molar-refractivity contribution < 1.29 is 13.9 Å². The van der Waals surface area contributed by atoms with Gasteiger partial charge in [0.25, 0.3) is 0 Å². The summed E-state index contributed by atoms with van der Waals surface area (Å²) in [5.41, 5.74) is 1.18. The van der Waals surface area contributed by atoms with E-state index in [1.165, 1.54) is 18.4 Å². The maximum absolute atomic E-state index is 5.69. The first kappa shape index (κ1) is 24.3. The quantitative estimate of drug-likeness (QED) is 0.295. The molecule has 2 heterocycles. The zero-order valence-electron chi connectivity index (χ0n) is 18.0. The van der Waals surface area contributed by atoms with Crippen molar-refractivity contribution in [2.24, 2.45) is 4.99 Å². The van der Waals surface area contributed by atoms with E-state index >= 15 is 0 Å². The van der Waals surface area contributed by atoms with E-state index in [1.54, 1.807) is 27.5 Å². The van der Waals surface area contributed by atoms with Crippen molar-refractivity contribution in [3.8, 4) is 11.5 Å². The number of hydrogen-bond donors (Lipinski definition) is 2. The molecule has 1 aliphatic rings. The molecule has 8 heteroatoms. The van der Waals surface area contributed by atoms with Gasteiger partial charge in [0.15, 0.2) is 17.5 Å². The van der Waals surface area contributed by atoms with E-state index in [9.17, 15) is 0 Å². The number of halogens is 1. The van der Waals surface area contributed by atoms with Crippen molar-refractivity contribution in [1.82, 2.24) is 15.5 Å². The predicted molar refractivity (Wildman–Crippen MR) is 130 cm³/mol. The SMILES string of the molecule is CN=C(NCCc1ccc(OC)c(OC)c1)NCC(c1ccco1)N1CCCC1.I. The number of benzene rings is 1. The summed E-state index contributed by atoms with van der Waals surface area (Å²) in [5, 5.41) is 6.85. The monoisotopic (exact) mass is 528 g/mol. The fourth-order valence-electron chi connectivity index (χ4n) is 3.72. The molecule has 0 aliphatic carbocycles. The van der Waals surface area contributed by atoms with Crippen LogP contribution in [0.4, 0.5) is 0 Å². The number of aliphatic imine (C=N–C) groups is 1. The molecule has 3 rings (SSSR count). The van der Waals surface area contributed by atoms with Crippen LogP contribution in [0.15, 0.2) is 46.0 Å². The molecule has 0 spiro atoms. The van der Waals surface area contributed by atoms with Gasteiger partial charge >= 0.3 is 0 Å². The lowest BCUT2D eigenvalue weighted by Gasteiger charge is -2.26. The van der Waals surface area contributed by atoms with E-state index in [4.69, 9.17) is 13.9 Å². The van der Waals surface area contributed by atoms with Crippen molar-refractivity contribution in [2.45, 2.75) is 25.3 Å². The summed E-state index contributed by atoms with van der Waals surface area (Å²) in [4.78, 5) is 6.84. The molecular formula is C22H33IN4O3. The number of rotatable bonds is 9. The Morgan fingerprint density at radius 3 is 2.53 bits per heavy atom. The molecule has 1 fully saturated rings. The van der Waals surface area contributed by atoms with Crippen molar-refractivity contribution in [1.29, 1.82) is 0 Å². The number of hydrogen-bond acceptors (Lipinski definition) is 5. The van der Waals surface area contributed by atoms with Crippen LogP contribution in [-0.2, 0) is 6.42 Å². The Morgan fingerprint density at radius 2 is 1.90 bits per heavy atom. The summed E-state index contributed by atoms with van der Waals surface area (Å²) in [5.74, 6) is 3.29. The Kier molecular flexibility index (Phi) is 10.3. The van der Waals surface area contributed by atoms with Crippen LogP contribution in [0.3, 0.4) is 0 Å². The Morgan fingerprint density at radius 1 is 1.13 bits per heavy atom. The molecule has 1 aromatic heterocycles. The van der Waals surface area contributed by atoms with Gasteiger partial charge in [0.1, 0.15) is 5.76 Å². The fourth-order valence-corrected chi connectivity index (χ4v) is 3.72. The van der Waals surface area contributed by atoms with Crippen LogP contribution >= 0.6 is 24.0 Å². The smallest absolute Gasteiger partial charge is 0.191 e. The highest BCUT2D eigenvalue weighted by Gasteiger charge is 2.25. The van der Waals surface area contributed by atoms with E-state index < -0.39 is 0 Å². The normalized spacial score (nSPS) is 15.4. The van der Waals surface area contributed by atoms with Gasteiger partial charge in [-0.05, 0) is 62.2 Å². The Hall–Kier alpha value is -1.94. The zero-order chi connectivity index (χ0) is 20.5. The molecule has 166 valence electrons. The third-order valence-electron chi connectivity index (χ3n) is 5.29. The topological polar surface area (TPSA) is 71.3 Å². The third kappa shape index (κ3) is 6.53. The molecule has 1 aromatic carbocycles. The Labute approximate surface area is 196 Å². The van der Waals surface area contributed by atoms with Crippen LogP contribution < -0.4 is 20.1 Å². The molecule has 1 saturated heterocycles. The van der Waals surface area contributed by atoms with Crippen LogP contribution in [0, 0.1) is 0 Å². The molecule has 1 aliphatic heterocycles. The molecule has 30 heavy (non-hydrogen) atoms. The van der Waals surface area contributed by atoms with E-state index in [1.807, 2.05) is 18.2 Å². The summed E-state index contributed by atoms with van der Waals surface area (Å²) in [6.45, 7) is 3.74. The highest BCUT2D eigenvalue weighted by atomic mass is 127. The average molecular weight is 528 g/mol. The molecule has 1 atom stereocenters. The summed E-state index contributed by atoms with van der Waals surface area (Å²) in [6, 6.07) is 10.2. The summed E-state index contributed by atoms with van der Waals surface area (Å²) in [6.07, 6.45) is 5.09. The van der Waals surface area contributed by atoms with Gasteiger partial charge < -0.3 is 24.5 Å². The lowest BCUT2D eigenvalue weighted by molar-refractivity contribution is 0.215. The molecule has 0 radical (unpaired) electrons. The number of likely N-dealkylation sites (tertiary alicyclic amines) is 1. The van der Waals surface area contributed by atoms with Crippen LogP contribution in [0.2, 0.25) is 0 Å². The van der Waals surface area contributed by atoms with Crippen molar-refractivity contribution in [2.75, 3.05) is 47.4 Å². The summed E-state index contributed by atoms with van der Waals surface area (Å²) >= 11 is 0. The van der Waals surface area contributed by atoms with Gasteiger partial charge in [0.05, 0.1) is 26.5 Å². The van der Waals surface area contributed by atoms with Crippen LogP contribution in [-0.4, -0.2) is 58.3 Å². The molecule has 1 unspecified atom stereocenters. The van der Waals surface area contributed by atoms with Crippen LogP contribution in [0.25, 0.3) is 0 Å². The van der Waals surface area contributed by atoms with E-state index in [0.717, 1.165) is 55.8 Å². The second-order valence-electron chi connectivity index (χ2n) is 7.09. The van der Waals surface area contributed by atoms with Gasteiger partial charge in [-0.15, -0.1) is 24.0 Å². The molecule has 2 N–H and O–H groups in total. The Bertz CT molecular complexity index is 777. The van der Waals surface area contributed by atoms with Crippen molar-refractivity contribution in [3.63, 3.8) is 0 Å². The number of nitrogens with one attached hydrogen (secondary N) is 2. The lowest BCUT2D eigenvalue weighted by atomic mass is 10.1. The van der Waals surface area contributed by atoms with Crippen LogP contribution in [0.5, 0.6) is 11.5 Å². The van der Waals surface area contributed by atoms with Crippen molar-refractivity contribution >= 4 is 29.9 Å². The van der Waals surface area contributed by atoms with E-state index in [0.29, 0.717) is 0 Å². The van der Waals surface area contributed by atoms with Gasteiger partial charge in [-0.25, -0.2) is 0 Å². The average Bonchev–Trinajstić information content (AvgIpc) is 3.47. The van der Waals surface area contributed by atoms with Gasteiger partial charge in [-0.3, -0.25) is 9.89 Å². The minimum absolute atomic E-state index is 0. The molecule has 0 bridgehead atoms. The number of methoxy groups -OCH3 is 2. The van der Waals surface area contributed by atoms with Gasteiger partial charge in [-0.1, -0.05) is 6.07 Å². The van der Waals surface area contributed by atoms with Crippen molar-refractivity contribution in [3.05, 3.63) is 47.9 Å². The first-order valence-corrected chi connectivity index (χ1v) is 10.2. The third-order valence-corrected chi connectivity index (χ3v) is 5.29. The molecule has 2 aromatic rings. The molecular weight excluding hydrogens is 495 g/mol. The minimum atomic E-state index is 0. The number of ether oxygens (including phenoxy) is 2. The largest absolute Gasteiger partial charge is 0.493 e. The summed E-state index contributed by atoms with van der Waals surface area (Å²) in [7, 11) is 5.10. The number of guanidine groups is 1. The van der Waals surface area contributed by atoms with E-state index in [2.05, 4.69) is 32.7 Å². The Balaban J connectivity index is 0.00000320. The second-order valence-corrected chi connectivity index (χ2v) is 7.09. The molecule has 7 nitrogen and oxygen atoms in total.